The summed E-state index contributed by atoms with van der Waals surface area (Å²) in [6.45, 7) is 2.13. The molecule has 12 heavy (non-hydrogen) atoms. The SMILES string of the molecule is CC[C@@H]1Oc2ccccc2N1C. The smallest absolute Gasteiger partial charge is 0.172 e. The average Bonchev–Trinajstić information content (AvgIpc) is 2.44. The lowest BCUT2D eigenvalue weighted by atomic mass is 10.3. The second kappa shape index (κ2) is 2.70. The first-order chi connectivity index (χ1) is 5.83. The molecule has 0 aliphatic carbocycles. The number of hydrogen-bond donors (Lipinski definition) is 0. The number of ether oxygens (including phenoxy) is 1. The Labute approximate surface area is 72.8 Å². The Bertz CT molecular complexity index is 285. The topological polar surface area (TPSA) is 12.5 Å². The van der Waals surface area contributed by atoms with E-state index in [9.17, 15) is 0 Å². The molecule has 1 aliphatic rings. The number of fused-ring (bicyclic) bond motifs is 1. The maximum Gasteiger partial charge on any atom is 0.172 e. The van der Waals surface area contributed by atoms with Crippen LogP contribution in [0.3, 0.4) is 0 Å². The monoisotopic (exact) mass is 163 g/mol. The van der Waals surface area contributed by atoms with Gasteiger partial charge in [0.2, 0.25) is 0 Å². The molecule has 2 rings (SSSR count). The maximum atomic E-state index is 5.69. The van der Waals surface area contributed by atoms with Gasteiger partial charge in [-0.25, -0.2) is 0 Å². The second-order valence-electron chi connectivity index (χ2n) is 3.06. The summed E-state index contributed by atoms with van der Waals surface area (Å²) in [7, 11) is 2.07. The third-order valence-corrected chi connectivity index (χ3v) is 2.29. The summed E-state index contributed by atoms with van der Waals surface area (Å²) in [4.78, 5) is 2.18. The molecule has 0 fully saturated rings. The summed E-state index contributed by atoms with van der Waals surface area (Å²) in [5.41, 5.74) is 1.20. The molecule has 1 heterocycles. The largest absolute Gasteiger partial charge is 0.468 e. The molecule has 0 bridgehead atoms. The Morgan fingerprint density at radius 1 is 1.42 bits per heavy atom. The molecular formula is C10H13NO. The Hall–Kier alpha value is -1.18. The van der Waals surface area contributed by atoms with Crippen LogP contribution in [0.1, 0.15) is 13.3 Å². The quantitative estimate of drug-likeness (QED) is 0.629. The van der Waals surface area contributed by atoms with Gasteiger partial charge in [-0.2, -0.15) is 0 Å². The van der Waals surface area contributed by atoms with Gasteiger partial charge in [0.15, 0.2) is 6.23 Å². The zero-order valence-corrected chi connectivity index (χ0v) is 7.45. The van der Waals surface area contributed by atoms with Crippen LogP contribution in [0.5, 0.6) is 5.75 Å². The molecule has 0 spiro atoms. The minimum Gasteiger partial charge on any atom is -0.468 e. The highest BCUT2D eigenvalue weighted by atomic mass is 16.5. The Kier molecular flexibility index (Phi) is 1.68. The van der Waals surface area contributed by atoms with Gasteiger partial charge in [-0.1, -0.05) is 19.1 Å². The molecular weight excluding hydrogens is 150 g/mol. The molecule has 0 radical (unpaired) electrons. The van der Waals surface area contributed by atoms with Crippen molar-refractivity contribution in [3.63, 3.8) is 0 Å². The summed E-state index contributed by atoms with van der Waals surface area (Å²) < 4.78 is 5.69. The summed E-state index contributed by atoms with van der Waals surface area (Å²) >= 11 is 0. The fraction of sp³-hybridized carbons (Fsp3) is 0.400. The van der Waals surface area contributed by atoms with E-state index in [-0.39, 0.29) is 6.23 Å². The van der Waals surface area contributed by atoms with E-state index in [1.54, 1.807) is 0 Å². The number of nitrogens with zero attached hydrogens (tertiary/aromatic N) is 1. The average molecular weight is 163 g/mol. The fourth-order valence-electron chi connectivity index (χ4n) is 1.59. The van der Waals surface area contributed by atoms with Crippen molar-refractivity contribution in [3.8, 4) is 5.75 Å². The Balaban J connectivity index is 2.35. The summed E-state index contributed by atoms with van der Waals surface area (Å²) in [5, 5.41) is 0. The van der Waals surface area contributed by atoms with Gasteiger partial charge < -0.3 is 9.64 Å². The van der Waals surface area contributed by atoms with Gasteiger partial charge in [-0.3, -0.25) is 0 Å². The van der Waals surface area contributed by atoms with Gasteiger partial charge >= 0.3 is 0 Å². The molecule has 0 aromatic heterocycles. The number of anilines is 1. The molecule has 1 atom stereocenters. The first kappa shape index (κ1) is 7.47. The Morgan fingerprint density at radius 3 is 2.83 bits per heavy atom. The summed E-state index contributed by atoms with van der Waals surface area (Å²) in [5.74, 6) is 1.01. The third kappa shape index (κ3) is 0.951. The van der Waals surface area contributed by atoms with E-state index in [4.69, 9.17) is 4.74 Å². The van der Waals surface area contributed by atoms with Crippen LogP contribution in [0.2, 0.25) is 0 Å². The molecule has 1 aromatic carbocycles. The van der Waals surface area contributed by atoms with E-state index in [0.717, 1.165) is 12.2 Å². The molecule has 0 amide bonds. The minimum absolute atomic E-state index is 0.224. The molecule has 2 heteroatoms. The molecule has 0 N–H and O–H groups in total. The van der Waals surface area contributed by atoms with Gasteiger partial charge in [0, 0.05) is 13.5 Å². The van der Waals surface area contributed by atoms with Crippen LogP contribution in [0.4, 0.5) is 5.69 Å². The highest BCUT2D eigenvalue weighted by molar-refractivity contribution is 5.61. The molecule has 0 unspecified atom stereocenters. The van der Waals surface area contributed by atoms with Crippen LogP contribution in [0.25, 0.3) is 0 Å². The van der Waals surface area contributed by atoms with Crippen LogP contribution in [-0.4, -0.2) is 13.3 Å². The van der Waals surface area contributed by atoms with Crippen molar-refractivity contribution in [1.82, 2.24) is 0 Å². The normalized spacial score (nSPS) is 20.5. The second-order valence-corrected chi connectivity index (χ2v) is 3.06. The molecule has 0 saturated carbocycles. The van der Waals surface area contributed by atoms with Crippen LogP contribution in [0, 0.1) is 0 Å². The van der Waals surface area contributed by atoms with Crippen molar-refractivity contribution in [2.45, 2.75) is 19.6 Å². The van der Waals surface area contributed by atoms with Crippen LogP contribution in [-0.2, 0) is 0 Å². The van der Waals surface area contributed by atoms with Gasteiger partial charge in [0.05, 0.1) is 5.69 Å². The zero-order chi connectivity index (χ0) is 8.55. The standard InChI is InChI=1S/C10H13NO/c1-3-10-11(2)8-6-4-5-7-9(8)12-10/h4-7,10H,3H2,1-2H3/t10-/m0/s1. The van der Waals surface area contributed by atoms with Crippen molar-refractivity contribution < 1.29 is 4.74 Å². The van der Waals surface area contributed by atoms with E-state index >= 15 is 0 Å². The molecule has 64 valence electrons. The van der Waals surface area contributed by atoms with Crippen LogP contribution in [0.15, 0.2) is 24.3 Å². The highest BCUT2D eigenvalue weighted by Crippen LogP contribution is 2.36. The lowest BCUT2D eigenvalue weighted by Crippen LogP contribution is -2.29. The van der Waals surface area contributed by atoms with Crippen molar-refractivity contribution >= 4 is 5.69 Å². The Morgan fingerprint density at radius 2 is 2.17 bits per heavy atom. The van der Waals surface area contributed by atoms with Gasteiger partial charge in [0.1, 0.15) is 5.75 Å². The molecule has 1 aliphatic heterocycles. The number of hydrogen-bond acceptors (Lipinski definition) is 2. The van der Waals surface area contributed by atoms with Crippen LogP contribution < -0.4 is 9.64 Å². The first-order valence-corrected chi connectivity index (χ1v) is 4.31. The minimum atomic E-state index is 0.224. The van der Waals surface area contributed by atoms with Gasteiger partial charge in [0.25, 0.3) is 0 Å². The third-order valence-electron chi connectivity index (χ3n) is 2.29. The van der Waals surface area contributed by atoms with E-state index < -0.39 is 0 Å². The molecule has 0 saturated heterocycles. The maximum absolute atomic E-state index is 5.69. The van der Waals surface area contributed by atoms with Crippen molar-refractivity contribution in [3.05, 3.63) is 24.3 Å². The molecule has 2 nitrogen and oxygen atoms in total. The fourth-order valence-corrected chi connectivity index (χ4v) is 1.59. The van der Waals surface area contributed by atoms with Crippen molar-refractivity contribution in [2.75, 3.05) is 11.9 Å². The molecule has 1 aromatic rings. The predicted molar refractivity (Wildman–Crippen MR) is 49.6 cm³/mol. The predicted octanol–water partition coefficient (Wildman–Crippen LogP) is 2.25. The zero-order valence-electron chi connectivity index (χ0n) is 7.45. The highest BCUT2D eigenvalue weighted by Gasteiger charge is 2.25. The lowest BCUT2D eigenvalue weighted by Gasteiger charge is -2.18. The first-order valence-electron chi connectivity index (χ1n) is 4.31. The summed E-state index contributed by atoms with van der Waals surface area (Å²) in [6.07, 6.45) is 1.24. The van der Waals surface area contributed by atoms with E-state index in [1.165, 1.54) is 5.69 Å². The number of rotatable bonds is 1. The number of benzene rings is 1. The van der Waals surface area contributed by atoms with E-state index in [1.807, 2.05) is 18.2 Å². The lowest BCUT2D eigenvalue weighted by molar-refractivity contribution is 0.225. The van der Waals surface area contributed by atoms with Gasteiger partial charge in [-0.15, -0.1) is 0 Å². The van der Waals surface area contributed by atoms with E-state index in [2.05, 4.69) is 24.9 Å². The van der Waals surface area contributed by atoms with E-state index in [0.29, 0.717) is 0 Å². The van der Waals surface area contributed by atoms with Crippen molar-refractivity contribution in [2.24, 2.45) is 0 Å². The summed E-state index contributed by atoms with van der Waals surface area (Å²) in [6, 6.07) is 8.15. The van der Waals surface area contributed by atoms with Crippen molar-refractivity contribution in [1.29, 1.82) is 0 Å². The number of para-hydroxylation sites is 2. The van der Waals surface area contributed by atoms with Crippen LogP contribution >= 0.6 is 0 Å². The van der Waals surface area contributed by atoms with Gasteiger partial charge in [-0.05, 0) is 12.1 Å².